The largest absolute Gasteiger partial charge is 0.461 e. The van der Waals surface area contributed by atoms with Gasteiger partial charge < -0.3 is 9.47 Å². The second-order valence-electron chi connectivity index (χ2n) is 5.43. The van der Waals surface area contributed by atoms with Crippen molar-refractivity contribution in [3.63, 3.8) is 0 Å². The van der Waals surface area contributed by atoms with Gasteiger partial charge in [0.2, 0.25) is 10.0 Å². The summed E-state index contributed by atoms with van der Waals surface area (Å²) in [5, 5.41) is 12.7. The molecule has 0 aliphatic rings. The number of nitrogens with zero attached hydrogens (tertiary/aromatic N) is 3. The molecule has 2 aromatic rings. The molecule has 0 radical (unpaired) electrons. The van der Waals surface area contributed by atoms with Crippen molar-refractivity contribution in [2.24, 2.45) is 0 Å². The highest BCUT2D eigenvalue weighted by atomic mass is 32.2. The van der Waals surface area contributed by atoms with Crippen LogP contribution in [0.15, 0.2) is 34.5 Å². The molecule has 0 aliphatic heterocycles. The fourth-order valence-electron chi connectivity index (χ4n) is 2.20. The maximum Gasteiger partial charge on any atom is 0.357 e. The lowest BCUT2D eigenvalue weighted by atomic mass is 10.3. The molecule has 0 N–H and O–H groups in total. The Hall–Kier alpha value is -2.41. The number of non-ortho nitro benzene ring substituents is 1. The van der Waals surface area contributed by atoms with E-state index >= 15 is 0 Å². The van der Waals surface area contributed by atoms with Gasteiger partial charge in [-0.2, -0.15) is 4.31 Å². The van der Waals surface area contributed by atoms with Gasteiger partial charge in [-0.15, -0.1) is 11.3 Å². The van der Waals surface area contributed by atoms with Crippen LogP contribution in [0.1, 0.15) is 22.4 Å². The van der Waals surface area contributed by atoms with Crippen molar-refractivity contribution in [2.75, 3.05) is 26.9 Å². The van der Waals surface area contributed by atoms with Gasteiger partial charge in [-0.1, -0.05) is 0 Å². The molecule has 2 rings (SSSR count). The van der Waals surface area contributed by atoms with Gasteiger partial charge in [0.15, 0.2) is 5.69 Å². The van der Waals surface area contributed by atoms with E-state index in [0.29, 0.717) is 5.01 Å². The van der Waals surface area contributed by atoms with Crippen molar-refractivity contribution in [3.05, 3.63) is 50.5 Å². The van der Waals surface area contributed by atoms with Gasteiger partial charge in [0.05, 0.1) is 29.6 Å². The van der Waals surface area contributed by atoms with Crippen molar-refractivity contribution < 1.29 is 27.6 Å². The summed E-state index contributed by atoms with van der Waals surface area (Å²) >= 11 is 1.13. The lowest BCUT2D eigenvalue weighted by Crippen LogP contribution is -2.33. The molecule has 28 heavy (non-hydrogen) atoms. The number of thiazole rings is 1. The van der Waals surface area contributed by atoms with E-state index in [-0.39, 0.29) is 42.6 Å². The Morgan fingerprint density at radius 2 is 2.00 bits per heavy atom. The molecule has 1 aromatic heterocycles. The third kappa shape index (κ3) is 5.32. The summed E-state index contributed by atoms with van der Waals surface area (Å²) in [5.74, 6) is -0.577. The zero-order valence-electron chi connectivity index (χ0n) is 15.2. The monoisotopic (exact) mass is 429 g/mol. The SMILES string of the molecule is CCOC(=O)c1csc(CN(CCOC)S(=O)(=O)c2ccc([N+](=O)[O-])cc2)n1. The number of carbonyl (C=O) groups is 1. The highest BCUT2D eigenvalue weighted by molar-refractivity contribution is 7.89. The average Bonchev–Trinajstić information content (AvgIpc) is 3.14. The number of benzene rings is 1. The van der Waals surface area contributed by atoms with Gasteiger partial charge in [0.25, 0.3) is 5.69 Å². The van der Waals surface area contributed by atoms with Gasteiger partial charge in [0, 0.05) is 31.2 Å². The van der Waals surface area contributed by atoms with E-state index in [9.17, 15) is 23.3 Å². The number of methoxy groups -OCH3 is 1. The Labute approximate surface area is 165 Å². The van der Waals surface area contributed by atoms with E-state index in [1.54, 1.807) is 6.92 Å². The number of aromatic nitrogens is 1. The average molecular weight is 429 g/mol. The first-order valence-electron chi connectivity index (χ1n) is 8.14. The predicted octanol–water partition coefficient (Wildman–Crippen LogP) is 2.07. The molecular weight excluding hydrogens is 410 g/mol. The van der Waals surface area contributed by atoms with Crippen LogP contribution >= 0.6 is 11.3 Å². The Bertz CT molecular complexity index is 926. The summed E-state index contributed by atoms with van der Waals surface area (Å²) in [6.07, 6.45) is 0. The summed E-state index contributed by atoms with van der Waals surface area (Å²) in [4.78, 5) is 25.9. The van der Waals surface area contributed by atoms with Crippen LogP contribution in [0.3, 0.4) is 0 Å². The van der Waals surface area contributed by atoms with Crippen LogP contribution in [0.2, 0.25) is 0 Å². The molecule has 0 saturated heterocycles. The van der Waals surface area contributed by atoms with Crippen molar-refractivity contribution in [3.8, 4) is 0 Å². The first kappa shape index (κ1) is 21.9. The van der Waals surface area contributed by atoms with Crippen LogP contribution in [0.4, 0.5) is 5.69 Å². The van der Waals surface area contributed by atoms with Gasteiger partial charge in [0.1, 0.15) is 5.01 Å². The lowest BCUT2D eigenvalue weighted by Gasteiger charge is -2.20. The molecule has 10 nitrogen and oxygen atoms in total. The molecule has 0 spiro atoms. The molecule has 12 heteroatoms. The molecule has 0 saturated carbocycles. The van der Waals surface area contributed by atoms with Gasteiger partial charge in [-0.05, 0) is 19.1 Å². The van der Waals surface area contributed by atoms with Crippen molar-refractivity contribution in [1.82, 2.24) is 9.29 Å². The molecule has 1 aromatic carbocycles. The molecule has 0 atom stereocenters. The molecule has 0 aliphatic carbocycles. The summed E-state index contributed by atoms with van der Waals surface area (Å²) < 4.78 is 36.9. The number of hydrogen-bond donors (Lipinski definition) is 0. The summed E-state index contributed by atoms with van der Waals surface area (Å²) in [6, 6.07) is 4.62. The van der Waals surface area contributed by atoms with Crippen molar-refractivity contribution >= 4 is 33.0 Å². The minimum atomic E-state index is -3.95. The normalized spacial score (nSPS) is 11.5. The van der Waals surface area contributed by atoms with E-state index in [0.717, 1.165) is 27.8 Å². The summed E-state index contributed by atoms with van der Waals surface area (Å²) in [6.45, 7) is 1.99. The van der Waals surface area contributed by atoms with Crippen LogP contribution in [-0.4, -0.2) is 55.5 Å². The maximum absolute atomic E-state index is 13.0. The number of carbonyl (C=O) groups excluding carboxylic acids is 1. The third-order valence-electron chi connectivity index (χ3n) is 3.58. The van der Waals surface area contributed by atoms with Crippen molar-refractivity contribution in [1.29, 1.82) is 0 Å². The fraction of sp³-hybridized carbons (Fsp3) is 0.375. The molecular formula is C16H19N3O7S2. The highest BCUT2D eigenvalue weighted by Gasteiger charge is 2.26. The quantitative estimate of drug-likeness (QED) is 0.319. The standard InChI is InChI=1S/C16H19N3O7S2/c1-3-26-16(20)14-11-27-15(17-14)10-18(8-9-25-2)28(23,24)13-6-4-12(5-7-13)19(21)22/h4-7,11H,3,8-10H2,1-2H3. The number of esters is 1. The summed E-state index contributed by atoms with van der Waals surface area (Å²) in [7, 11) is -2.51. The first-order chi connectivity index (χ1) is 13.3. The maximum atomic E-state index is 13.0. The van der Waals surface area contributed by atoms with Crippen LogP contribution in [0.5, 0.6) is 0 Å². The van der Waals surface area contributed by atoms with Crippen molar-refractivity contribution in [2.45, 2.75) is 18.4 Å². The third-order valence-corrected chi connectivity index (χ3v) is 6.27. The van der Waals surface area contributed by atoms with Gasteiger partial charge >= 0.3 is 5.97 Å². The Kier molecular flexibility index (Phi) is 7.57. The first-order valence-corrected chi connectivity index (χ1v) is 10.5. The lowest BCUT2D eigenvalue weighted by molar-refractivity contribution is -0.384. The Balaban J connectivity index is 2.26. The number of nitro groups is 1. The number of hydrogen-bond acceptors (Lipinski definition) is 9. The molecule has 0 bridgehead atoms. The van der Waals surface area contributed by atoms with E-state index in [1.807, 2.05) is 0 Å². The molecule has 0 unspecified atom stereocenters. The number of nitro benzene ring substituents is 1. The topological polar surface area (TPSA) is 129 Å². The van der Waals surface area contributed by atoms with Crippen LogP contribution in [-0.2, 0) is 26.0 Å². The zero-order chi connectivity index (χ0) is 20.7. The zero-order valence-corrected chi connectivity index (χ0v) is 16.9. The summed E-state index contributed by atoms with van der Waals surface area (Å²) in [5.41, 5.74) is -0.0948. The minimum Gasteiger partial charge on any atom is -0.461 e. The van der Waals surface area contributed by atoms with E-state index in [2.05, 4.69) is 4.98 Å². The van der Waals surface area contributed by atoms with Gasteiger partial charge in [-0.3, -0.25) is 10.1 Å². The second kappa shape index (κ2) is 9.68. The number of ether oxygens (including phenoxy) is 2. The second-order valence-corrected chi connectivity index (χ2v) is 8.31. The van der Waals surface area contributed by atoms with E-state index < -0.39 is 20.9 Å². The van der Waals surface area contributed by atoms with Crippen LogP contribution in [0.25, 0.3) is 0 Å². The number of rotatable bonds is 10. The molecule has 1 heterocycles. The Morgan fingerprint density at radius 1 is 1.32 bits per heavy atom. The van der Waals surface area contributed by atoms with E-state index in [1.165, 1.54) is 24.6 Å². The molecule has 0 amide bonds. The van der Waals surface area contributed by atoms with Crippen LogP contribution in [0, 0.1) is 10.1 Å². The smallest absolute Gasteiger partial charge is 0.357 e. The number of sulfonamides is 1. The fourth-order valence-corrected chi connectivity index (χ4v) is 4.44. The van der Waals surface area contributed by atoms with Gasteiger partial charge in [-0.25, -0.2) is 18.2 Å². The Morgan fingerprint density at radius 3 is 2.57 bits per heavy atom. The minimum absolute atomic E-state index is 0.0458. The highest BCUT2D eigenvalue weighted by Crippen LogP contribution is 2.22. The van der Waals surface area contributed by atoms with E-state index in [4.69, 9.17) is 9.47 Å². The molecule has 0 fully saturated rings. The predicted molar refractivity (Wildman–Crippen MR) is 101 cm³/mol. The molecule has 152 valence electrons. The van der Waals surface area contributed by atoms with Crippen LogP contribution < -0.4 is 0 Å².